The number of ether oxygens (including phenoxy) is 1. The lowest BCUT2D eigenvalue weighted by atomic mass is 10.1. The number of hydrogen-bond acceptors (Lipinski definition) is 4. The highest BCUT2D eigenvalue weighted by Gasteiger charge is 2.17. The summed E-state index contributed by atoms with van der Waals surface area (Å²) < 4.78 is 4.78. The number of carbonyl (C=O) groups excluding carboxylic acids is 1. The number of hydrogen-bond donors (Lipinski definition) is 2. The van der Waals surface area contributed by atoms with Crippen LogP contribution < -0.4 is 5.73 Å². The second kappa shape index (κ2) is 3.50. The number of carbonyl (C=O) groups is 1. The summed E-state index contributed by atoms with van der Waals surface area (Å²) in [7, 11) is 0. The SMILES string of the molecule is N[C@@H](CO)C(=O)OC1=CCC1. The summed E-state index contributed by atoms with van der Waals surface area (Å²) in [5.74, 6) is 0.109. The van der Waals surface area contributed by atoms with Crippen LogP contribution >= 0.6 is 0 Å². The largest absolute Gasteiger partial charge is 0.430 e. The summed E-state index contributed by atoms with van der Waals surface area (Å²) in [6.45, 7) is -0.369. The number of esters is 1. The predicted octanol–water partition coefficient (Wildman–Crippen LogP) is -0.473. The van der Waals surface area contributed by atoms with E-state index in [0.717, 1.165) is 12.8 Å². The van der Waals surface area contributed by atoms with Gasteiger partial charge in [0.1, 0.15) is 11.8 Å². The van der Waals surface area contributed by atoms with Gasteiger partial charge in [-0.3, -0.25) is 0 Å². The van der Waals surface area contributed by atoms with Crippen LogP contribution in [0, 0.1) is 0 Å². The highest BCUT2D eigenvalue weighted by molar-refractivity contribution is 5.76. The van der Waals surface area contributed by atoms with Gasteiger partial charge < -0.3 is 15.6 Å². The van der Waals surface area contributed by atoms with Crippen LogP contribution in [0.5, 0.6) is 0 Å². The molecule has 0 radical (unpaired) electrons. The van der Waals surface area contributed by atoms with Gasteiger partial charge in [0, 0.05) is 6.42 Å². The predicted molar refractivity (Wildman–Crippen MR) is 38.5 cm³/mol. The van der Waals surface area contributed by atoms with Crippen LogP contribution in [0.2, 0.25) is 0 Å². The Bertz CT molecular complexity index is 188. The third kappa shape index (κ3) is 2.03. The Hall–Kier alpha value is -0.870. The molecule has 0 spiro atoms. The molecule has 1 atom stereocenters. The Morgan fingerprint density at radius 2 is 2.55 bits per heavy atom. The molecule has 0 aliphatic heterocycles. The van der Waals surface area contributed by atoms with Gasteiger partial charge >= 0.3 is 5.97 Å². The van der Waals surface area contributed by atoms with Crippen LogP contribution in [0.3, 0.4) is 0 Å². The summed E-state index contributed by atoms with van der Waals surface area (Å²) in [4.78, 5) is 10.8. The zero-order valence-electron chi connectivity index (χ0n) is 6.12. The van der Waals surface area contributed by atoms with Crippen molar-refractivity contribution in [2.45, 2.75) is 18.9 Å². The van der Waals surface area contributed by atoms with Crippen molar-refractivity contribution in [2.75, 3.05) is 6.61 Å². The van der Waals surface area contributed by atoms with E-state index in [-0.39, 0.29) is 6.61 Å². The van der Waals surface area contributed by atoms with Crippen molar-refractivity contribution < 1.29 is 14.6 Å². The molecule has 0 saturated carbocycles. The topological polar surface area (TPSA) is 72.5 Å². The molecule has 0 bridgehead atoms. The minimum atomic E-state index is -0.906. The van der Waals surface area contributed by atoms with E-state index in [0.29, 0.717) is 5.76 Å². The molecular formula is C7H11NO3. The average Bonchev–Trinajstić information content (AvgIpc) is 1.94. The molecule has 0 heterocycles. The molecule has 0 fully saturated rings. The molecule has 11 heavy (non-hydrogen) atoms. The third-order valence-electron chi connectivity index (χ3n) is 1.49. The zero-order valence-corrected chi connectivity index (χ0v) is 6.12. The molecule has 0 aromatic carbocycles. The maximum atomic E-state index is 10.8. The van der Waals surface area contributed by atoms with Gasteiger partial charge in [-0.05, 0) is 12.5 Å². The smallest absolute Gasteiger partial charge is 0.330 e. The van der Waals surface area contributed by atoms with Gasteiger partial charge in [0.05, 0.1) is 6.61 Å². The molecule has 3 N–H and O–H groups in total. The average molecular weight is 157 g/mol. The number of rotatable bonds is 3. The standard InChI is InChI=1S/C7H11NO3/c8-6(4-9)7(10)11-5-2-1-3-5/h2,6,9H,1,3-4,8H2/t6-/m0/s1. The van der Waals surface area contributed by atoms with Crippen LogP contribution in [0.1, 0.15) is 12.8 Å². The van der Waals surface area contributed by atoms with Crippen LogP contribution in [-0.2, 0) is 9.53 Å². The van der Waals surface area contributed by atoms with Crippen molar-refractivity contribution in [1.29, 1.82) is 0 Å². The normalized spacial score (nSPS) is 18.2. The molecule has 1 aliphatic rings. The summed E-state index contributed by atoms with van der Waals surface area (Å²) in [6.07, 6.45) is 3.57. The van der Waals surface area contributed by atoms with Gasteiger partial charge in [0.15, 0.2) is 0 Å². The second-order valence-corrected chi connectivity index (χ2v) is 2.42. The first-order valence-corrected chi connectivity index (χ1v) is 3.51. The molecule has 0 unspecified atom stereocenters. The Labute approximate surface area is 64.6 Å². The van der Waals surface area contributed by atoms with Crippen LogP contribution in [-0.4, -0.2) is 23.7 Å². The minimum absolute atomic E-state index is 0.369. The van der Waals surface area contributed by atoms with Gasteiger partial charge in [-0.2, -0.15) is 0 Å². The second-order valence-electron chi connectivity index (χ2n) is 2.42. The van der Waals surface area contributed by atoms with Crippen molar-refractivity contribution >= 4 is 5.97 Å². The van der Waals surface area contributed by atoms with Crippen molar-refractivity contribution in [3.8, 4) is 0 Å². The lowest BCUT2D eigenvalue weighted by Crippen LogP contribution is -2.35. The van der Waals surface area contributed by atoms with Gasteiger partial charge in [0.25, 0.3) is 0 Å². The van der Waals surface area contributed by atoms with Crippen molar-refractivity contribution in [2.24, 2.45) is 5.73 Å². The molecule has 62 valence electrons. The molecule has 0 aromatic rings. The lowest BCUT2D eigenvalue weighted by molar-refractivity contribution is -0.142. The molecule has 4 nitrogen and oxygen atoms in total. The first kappa shape index (κ1) is 8.23. The summed E-state index contributed by atoms with van der Waals surface area (Å²) >= 11 is 0. The fourth-order valence-electron chi connectivity index (χ4n) is 0.634. The quantitative estimate of drug-likeness (QED) is 0.543. The van der Waals surface area contributed by atoms with Crippen LogP contribution in [0.15, 0.2) is 11.8 Å². The fourth-order valence-corrected chi connectivity index (χ4v) is 0.634. The maximum Gasteiger partial charge on any atom is 0.330 e. The highest BCUT2D eigenvalue weighted by atomic mass is 16.5. The Morgan fingerprint density at radius 1 is 1.91 bits per heavy atom. The molecule has 1 rings (SSSR count). The van der Waals surface area contributed by atoms with E-state index >= 15 is 0 Å². The third-order valence-corrected chi connectivity index (χ3v) is 1.49. The van der Waals surface area contributed by atoms with Gasteiger partial charge in [-0.25, -0.2) is 4.79 Å². The molecule has 0 aromatic heterocycles. The van der Waals surface area contributed by atoms with E-state index < -0.39 is 12.0 Å². The van der Waals surface area contributed by atoms with Crippen LogP contribution in [0.25, 0.3) is 0 Å². The number of nitrogens with two attached hydrogens (primary N) is 1. The Balaban J connectivity index is 2.30. The summed E-state index contributed by atoms with van der Waals surface area (Å²) in [5.41, 5.74) is 5.19. The summed E-state index contributed by atoms with van der Waals surface area (Å²) in [6, 6.07) is -0.906. The van der Waals surface area contributed by atoms with E-state index in [1.807, 2.05) is 6.08 Å². The number of aliphatic hydroxyl groups excluding tert-OH is 1. The van der Waals surface area contributed by atoms with E-state index in [4.69, 9.17) is 15.6 Å². The zero-order chi connectivity index (χ0) is 8.27. The molecule has 4 heteroatoms. The minimum Gasteiger partial charge on any atom is -0.430 e. The van der Waals surface area contributed by atoms with E-state index in [2.05, 4.69) is 0 Å². The molecule has 0 saturated heterocycles. The Kier molecular flexibility index (Phi) is 2.62. The lowest BCUT2D eigenvalue weighted by Gasteiger charge is -2.15. The summed E-state index contributed by atoms with van der Waals surface area (Å²) in [5, 5.41) is 8.46. The van der Waals surface area contributed by atoms with Crippen molar-refractivity contribution in [3.05, 3.63) is 11.8 Å². The van der Waals surface area contributed by atoms with Gasteiger partial charge in [0.2, 0.25) is 0 Å². The molecular weight excluding hydrogens is 146 g/mol. The maximum absolute atomic E-state index is 10.8. The fraction of sp³-hybridized carbons (Fsp3) is 0.571. The van der Waals surface area contributed by atoms with Gasteiger partial charge in [-0.15, -0.1) is 0 Å². The number of aliphatic hydroxyl groups is 1. The van der Waals surface area contributed by atoms with E-state index in [1.165, 1.54) is 0 Å². The first-order valence-electron chi connectivity index (χ1n) is 3.51. The Morgan fingerprint density at radius 3 is 2.91 bits per heavy atom. The van der Waals surface area contributed by atoms with Crippen LogP contribution in [0.4, 0.5) is 0 Å². The molecule has 0 amide bonds. The van der Waals surface area contributed by atoms with Crippen molar-refractivity contribution in [1.82, 2.24) is 0 Å². The van der Waals surface area contributed by atoms with E-state index in [9.17, 15) is 4.79 Å². The van der Waals surface area contributed by atoms with Crippen molar-refractivity contribution in [3.63, 3.8) is 0 Å². The first-order chi connectivity index (χ1) is 5.24. The molecule has 1 aliphatic carbocycles. The highest BCUT2D eigenvalue weighted by Crippen LogP contribution is 2.18. The monoisotopic (exact) mass is 157 g/mol. The number of allylic oxidation sites excluding steroid dienone is 2. The van der Waals surface area contributed by atoms with E-state index in [1.54, 1.807) is 0 Å². The van der Waals surface area contributed by atoms with Gasteiger partial charge in [-0.1, -0.05) is 0 Å².